The minimum absolute atomic E-state index is 0.0850. The second-order valence-electron chi connectivity index (χ2n) is 7.77. The van der Waals surface area contributed by atoms with Gasteiger partial charge in [-0.3, -0.25) is 9.10 Å². The van der Waals surface area contributed by atoms with Crippen LogP contribution in [0.25, 0.3) is 0 Å². The van der Waals surface area contributed by atoms with Crippen molar-refractivity contribution in [3.8, 4) is 0 Å². The van der Waals surface area contributed by atoms with E-state index in [2.05, 4.69) is 9.97 Å². The van der Waals surface area contributed by atoms with Gasteiger partial charge in [0.25, 0.3) is 10.0 Å². The van der Waals surface area contributed by atoms with E-state index in [0.29, 0.717) is 18.8 Å². The van der Waals surface area contributed by atoms with Gasteiger partial charge in [0.1, 0.15) is 11.6 Å². The van der Waals surface area contributed by atoms with Gasteiger partial charge in [0, 0.05) is 24.3 Å². The van der Waals surface area contributed by atoms with Gasteiger partial charge >= 0.3 is 0 Å². The lowest BCUT2D eigenvalue weighted by Crippen LogP contribution is -2.43. The zero-order valence-electron chi connectivity index (χ0n) is 18.7. The summed E-state index contributed by atoms with van der Waals surface area (Å²) >= 11 is 1.46. The molecule has 3 rings (SSSR count). The molecule has 0 aliphatic rings. The molecular weight excluding hydrogens is 444 g/mol. The van der Waals surface area contributed by atoms with Crippen molar-refractivity contribution >= 4 is 33.0 Å². The number of nitrogens with zero attached hydrogens (tertiary/aromatic N) is 4. The molecule has 0 atom stereocenters. The van der Waals surface area contributed by atoms with Crippen LogP contribution in [0.2, 0.25) is 0 Å². The molecule has 0 bridgehead atoms. The topological polar surface area (TPSA) is 83.5 Å². The van der Waals surface area contributed by atoms with Gasteiger partial charge in [-0.1, -0.05) is 37.6 Å². The molecule has 0 fully saturated rings. The maximum absolute atomic E-state index is 13.5. The number of benzene rings is 1. The van der Waals surface area contributed by atoms with E-state index < -0.39 is 10.0 Å². The van der Waals surface area contributed by atoms with Crippen LogP contribution in [-0.2, 0) is 21.4 Å². The lowest BCUT2D eigenvalue weighted by atomic mass is 10.1. The third kappa shape index (κ3) is 5.52. The van der Waals surface area contributed by atoms with Crippen molar-refractivity contribution in [2.75, 3.05) is 17.4 Å². The van der Waals surface area contributed by atoms with Crippen molar-refractivity contribution < 1.29 is 13.2 Å². The first-order valence-electron chi connectivity index (χ1n) is 10.4. The molecule has 9 heteroatoms. The molecule has 0 spiro atoms. The molecule has 0 aliphatic heterocycles. The minimum atomic E-state index is -4.05. The number of hydrogen-bond acceptors (Lipinski definition) is 6. The number of aromatic nitrogens is 2. The van der Waals surface area contributed by atoms with Gasteiger partial charge in [-0.05, 0) is 43.5 Å². The van der Waals surface area contributed by atoms with Crippen LogP contribution in [0.4, 0.5) is 5.69 Å². The highest BCUT2D eigenvalue weighted by molar-refractivity contribution is 7.92. The summed E-state index contributed by atoms with van der Waals surface area (Å²) in [5.41, 5.74) is 2.36. The van der Waals surface area contributed by atoms with Crippen LogP contribution >= 0.6 is 11.3 Å². The quantitative estimate of drug-likeness (QED) is 0.466. The Hall–Kier alpha value is -2.78. The van der Waals surface area contributed by atoms with Crippen molar-refractivity contribution in [3.05, 3.63) is 70.3 Å². The Balaban J connectivity index is 1.94. The fourth-order valence-electron chi connectivity index (χ4n) is 3.12. The minimum Gasteiger partial charge on any atom is -0.335 e. The summed E-state index contributed by atoms with van der Waals surface area (Å²) in [6.07, 6.45) is 3.27. The van der Waals surface area contributed by atoms with E-state index in [-0.39, 0.29) is 23.4 Å². The molecule has 0 saturated heterocycles. The molecule has 1 amide bonds. The lowest BCUT2D eigenvalue weighted by molar-refractivity contribution is -0.129. The molecule has 170 valence electrons. The summed E-state index contributed by atoms with van der Waals surface area (Å²) in [6, 6.07) is 10.3. The van der Waals surface area contributed by atoms with Gasteiger partial charge in [0.2, 0.25) is 5.91 Å². The molecule has 7 nitrogen and oxygen atoms in total. The molecule has 0 saturated carbocycles. The van der Waals surface area contributed by atoms with E-state index in [1.807, 2.05) is 45.2 Å². The summed E-state index contributed by atoms with van der Waals surface area (Å²) in [4.78, 5) is 23.2. The predicted octanol–water partition coefficient (Wildman–Crippen LogP) is 4.21. The number of carbonyl (C=O) groups excluding carboxylic acids is 1. The molecule has 0 aliphatic carbocycles. The van der Waals surface area contributed by atoms with Crippen molar-refractivity contribution in [3.63, 3.8) is 0 Å². The Morgan fingerprint density at radius 2 is 1.81 bits per heavy atom. The number of likely N-dealkylation sites (N-methyl/N-ethyl adjacent to an activating group) is 1. The number of rotatable bonds is 9. The molecule has 32 heavy (non-hydrogen) atoms. The van der Waals surface area contributed by atoms with Crippen LogP contribution in [0.5, 0.6) is 0 Å². The fourth-order valence-corrected chi connectivity index (χ4v) is 5.08. The highest BCUT2D eigenvalue weighted by Crippen LogP contribution is 2.24. The maximum atomic E-state index is 13.5. The van der Waals surface area contributed by atoms with E-state index in [1.54, 1.807) is 35.5 Å². The zero-order chi connectivity index (χ0) is 23.3. The molecule has 2 aromatic heterocycles. The van der Waals surface area contributed by atoms with Crippen molar-refractivity contribution in [2.45, 2.75) is 45.2 Å². The normalized spacial score (nSPS) is 11.5. The standard InChI is InChI=1S/C23H28N4O3S2/c1-5-26(15-21-24-12-13-31-21)23(28)16-27(20-9-6-18(4)7-10-20)32(29,30)22-11-8-19(14-25-22)17(2)3/h6-14,17H,5,15-16H2,1-4H3. The van der Waals surface area contributed by atoms with Gasteiger partial charge in [-0.15, -0.1) is 11.3 Å². The first-order chi connectivity index (χ1) is 15.2. The van der Waals surface area contributed by atoms with Crippen molar-refractivity contribution in [2.24, 2.45) is 0 Å². The highest BCUT2D eigenvalue weighted by atomic mass is 32.2. The SMILES string of the molecule is CCN(Cc1nccs1)C(=O)CN(c1ccc(C)cc1)S(=O)(=O)c1ccc(C(C)C)cn1. The molecule has 0 radical (unpaired) electrons. The first-order valence-corrected chi connectivity index (χ1v) is 12.8. The van der Waals surface area contributed by atoms with Crippen LogP contribution in [-0.4, -0.2) is 42.3 Å². The van der Waals surface area contributed by atoms with Crippen molar-refractivity contribution in [1.29, 1.82) is 0 Å². The summed E-state index contributed by atoms with van der Waals surface area (Å²) in [5, 5.41) is 2.57. The van der Waals surface area contributed by atoms with E-state index >= 15 is 0 Å². The lowest BCUT2D eigenvalue weighted by Gasteiger charge is -2.27. The summed E-state index contributed by atoms with van der Waals surface area (Å²) in [7, 11) is -4.05. The van der Waals surface area contributed by atoms with Crippen LogP contribution < -0.4 is 4.31 Å². The monoisotopic (exact) mass is 472 g/mol. The number of thiazole rings is 1. The van der Waals surface area contributed by atoms with E-state index in [0.717, 1.165) is 20.4 Å². The van der Waals surface area contributed by atoms with E-state index in [1.165, 1.54) is 17.4 Å². The number of anilines is 1. The maximum Gasteiger partial charge on any atom is 0.282 e. The second-order valence-corrected chi connectivity index (χ2v) is 10.6. The van der Waals surface area contributed by atoms with Gasteiger partial charge in [0.15, 0.2) is 5.03 Å². The molecular formula is C23H28N4O3S2. The Bertz CT molecular complexity index is 1130. The third-order valence-corrected chi connectivity index (χ3v) is 7.58. The molecule has 1 aromatic carbocycles. The second kappa shape index (κ2) is 10.2. The van der Waals surface area contributed by atoms with Gasteiger partial charge in [0.05, 0.1) is 12.2 Å². The van der Waals surface area contributed by atoms with Gasteiger partial charge in [-0.25, -0.2) is 9.97 Å². The Morgan fingerprint density at radius 1 is 1.09 bits per heavy atom. The van der Waals surface area contributed by atoms with Crippen LogP contribution in [0.15, 0.2) is 59.2 Å². The largest absolute Gasteiger partial charge is 0.335 e. The van der Waals surface area contributed by atoms with Crippen molar-refractivity contribution in [1.82, 2.24) is 14.9 Å². The molecule has 0 N–H and O–H groups in total. The number of aryl methyl sites for hydroxylation is 1. The number of sulfonamides is 1. The van der Waals surface area contributed by atoms with Gasteiger partial charge < -0.3 is 4.90 Å². The zero-order valence-corrected chi connectivity index (χ0v) is 20.4. The van der Waals surface area contributed by atoms with Gasteiger partial charge in [-0.2, -0.15) is 8.42 Å². The molecule has 0 unspecified atom stereocenters. The number of pyridine rings is 1. The smallest absolute Gasteiger partial charge is 0.282 e. The number of carbonyl (C=O) groups is 1. The average molecular weight is 473 g/mol. The summed E-state index contributed by atoms with van der Waals surface area (Å²) in [6.45, 7) is 8.29. The Kier molecular flexibility index (Phi) is 7.63. The Labute approximate surface area is 193 Å². The average Bonchev–Trinajstić information content (AvgIpc) is 3.29. The number of hydrogen-bond donors (Lipinski definition) is 0. The Morgan fingerprint density at radius 3 is 2.34 bits per heavy atom. The first kappa shape index (κ1) is 23.9. The molecule has 3 aromatic rings. The van der Waals surface area contributed by atoms with E-state index in [4.69, 9.17) is 0 Å². The van der Waals surface area contributed by atoms with Crippen LogP contribution in [0.3, 0.4) is 0 Å². The molecule has 2 heterocycles. The third-order valence-electron chi connectivity index (χ3n) is 5.13. The fraction of sp³-hybridized carbons (Fsp3) is 0.348. The predicted molar refractivity (Wildman–Crippen MR) is 127 cm³/mol. The van der Waals surface area contributed by atoms with Crippen LogP contribution in [0.1, 0.15) is 42.8 Å². The summed E-state index contributed by atoms with van der Waals surface area (Å²) in [5.74, 6) is -0.0661. The summed E-state index contributed by atoms with van der Waals surface area (Å²) < 4.78 is 28.2. The van der Waals surface area contributed by atoms with E-state index in [9.17, 15) is 13.2 Å². The van der Waals surface area contributed by atoms with Crippen LogP contribution in [0, 0.1) is 6.92 Å². The highest BCUT2D eigenvalue weighted by Gasteiger charge is 2.30. The number of amides is 1.